The molecule has 158 valence electrons. The number of ether oxygens (including phenoxy) is 2. The van der Waals surface area contributed by atoms with Crippen molar-refractivity contribution in [3.8, 4) is 0 Å². The average molecular weight is 466 g/mol. The first-order valence-electron chi connectivity index (χ1n) is 10.0. The summed E-state index contributed by atoms with van der Waals surface area (Å²) >= 11 is 3.49. The molecule has 4 heterocycles. The Hall–Kier alpha value is -1.87. The molecule has 0 aliphatic carbocycles. The van der Waals surface area contributed by atoms with E-state index in [0.717, 1.165) is 41.9 Å². The van der Waals surface area contributed by atoms with Gasteiger partial charge in [0.1, 0.15) is 15.7 Å². The topological polar surface area (TPSA) is 81.0 Å². The second kappa shape index (κ2) is 7.43. The van der Waals surface area contributed by atoms with Crippen LogP contribution in [-0.4, -0.2) is 58.1 Å². The number of carbonyl (C=O) groups excluding carboxylic acids is 1. The Kier molecular flexibility index (Phi) is 5.23. The molecule has 9 heteroatoms. The summed E-state index contributed by atoms with van der Waals surface area (Å²) in [5, 5.41) is 7.44. The summed E-state index contributed by atoms with van der Waals surface area (Å²) in [5.41, 5.74) is 0.376. The number of hydrogen-bond donors (Lipinski definition) is 1. The van der Waals surface area contributed by atoms with Crippen molar-refractivity contribution < 1.29 is 14.3 Å². The fourth-order valence-electron chi connectivity index (χ4n) is 4.43. The first-order valence-corrected chi connectivity index (χ1v) is 10.8. The van der Waals surface area contributed by atoms with Crippen LogP contribution >= 0.6 is 15.9 Å². The zero-order valence-electron chi connectivity index (χ0n) is 17.3. The van der Waals surface area contributed by atoms with Gasteiger partial charge in [-0.3, -0.25) is 0 Å². The van der Waals surface area contributed by atoms with Crippen molar-refractivity contribution in [1.29, 1.82) is 0 Å². The second-order valence-electron chi connectivity index (χ2n) is 9.02. The van der Waals surface area contributed by atoms with Crippen LogP contribution in [0.3, 0.4) is 0 Å². The van der Waals surface area contributed by atoms with E-state index in [1.54, 1.807) is 12.4 Å². The number of anilines is 1. The third kappa shape index (κ3) is 3.94. The zero-order chi connectivity index (χ0) is 20.8. The molecular formula is C20H28BrN5O3. The maximum absolute atomic E-state index is 12.4. The van der Waals surface area contributed by atoms with Crippen molar-refractivity contribution in [3.05, 3.63) is 23.1 Å². The minimum absolute atomic E-state index is 0.0404. The largest absolute Gasteiger partial charge is 0.444 e. The Bertz CT molecular complexity index is 901. The third-order valence-electron chi connectivity index (χ3n) is 5.86. The predicted molar refractivity (Wildman–Crippen MR) is 113 cm³/mol. The molecule has 2 atom stereocenters. The summed E-state index contributed by atoms with van der Waals surface area (Å²) in [5.74, 6) is 0.934. The summed E-state index contributed by atoms with van der Waals surface area (Å²) in [4.78, 5) is 19.3. The van der Waals surface area contributed by atoms with Crippen LogP contribution in [0, 0.1) is 5.41 Å². The molecule has 2 aromatic rings. The van der Waals surface area contributed by atoms with E-state index in [4.69, 9.17) is 9.47 Å². The highest BCUT2D eigenvalue weighted by molar-refractivity contribution is 9.10. The van der Waals surface area contributed by atoms with Gasteiger partial charge >= 0.3 is 6.09 Å². The molecule has 0 saturated carbocycles. The van der Waals surface area contributed by atoms with Gasteiger partial charge in [-0.25, -0.2) is 14.3 Å². The Balaban J connectivity index is 1.49. The summed E-state index contributed by atoms with van der Waals surface area (Å²) in [6, 6.07) is 1.91. The molecule has 2 fully saturated rings. The van der Waals surface area contributed by atoms with Crippen molar-refractivity contribution in [2.45, 2.75) is 58.3 Å². The maximum Gasteiger partial charge on any atom is 0.407 e. The molecule has 2 aliphatic heterocycles. The highest BCUT2D eigenvalue weighted by Gasteiger charge is 2.50. The summed E-state index contributed by atoms with van der Waals surface area (Å²) in [7, 11) is 0. The van der Waals surface area contributed by atoms with Crippen molar-refractivity contribution in [2.75, 3.05) is 24.6 Å². The fraction of sp³-hybridized carbons (Fsp3) is 0.650. The van der Waals surface area contributed by atoms with E-state index in [2.05, 4.69) is 36.2 Å². The fourth-order valence-corrected chi connectivity index (χ4v) is 4.81. The van der Waals surface area contributed by atoms with Crippen molar-refractivity contribution in [2.24, 2.45) is 5.41 Å². The number of nitrogens with zero attached hydrogens (tertiary/aromatic N) is 4. The standard InChI is InChI=1S/C20H28BrN5O3/c1-13-16(24-18(27)29-19(2,3)4)20(12-28-13)6-9-25(10-7-20)17-14-5-8-23-26(14)15(21)11-22-17/h5,8,11,13,16H,6-7,9-10,12H2,1-4H3,(H,24,27)/t13-,16+/m0/s1. The lowest BCUT2D eigenvalue weighted by molar-refractivity contribution is 0.0434. The number of piperidine rings is 1. The Labute approximate surface area is 179 Å². The molecule has 2 aliphatic rings. The molecule has 0 radical (unpaired) electrons. The molecule has 0 bridgehead atoms. The summed E-state index contributed by atoms with van der Waals surface area (Å²) in [6.45, 7) is 9.98. The van der Waals surface area contributed by atoms with Crippen LogP contribution < -0.4 is 10.2 Å². The van der Waals surface area contributed by atoms with E-state index < -0.39 is 5.60 Å². The van der Waals surface area contributed by atoms with Crippen LogP contribution in [0.1, 0.15) is 40.5 Å². The third-order valence-corrected chi connectivity index (χ3v) is 6.40. The van der Waals surface area contributed by atoms with E-state index in [0.29, 0.717) is 6.61 Å². The Morgan fingerprint density at radius 3 is 2.79 bits per heavy atom. The number of hydrogen-bond acceptors (Lipinski definition) is 6. The highest BCUT2D eigenvalue weighted by atomic mass is 79.9. The second-order valence-corrected chi connectivity index (χ2v) is 9.83. The van der Waals surface area contributed by atoms with Gasteiger partial charge < -0.3 is 19.7 Å². The van der Waals surface area contributed by atoms with Crippen LogP contribution in [0.4, 0.5) is 10.6 Å². The first-order chi connectivity index (χ1) is 13.7. The Morgan fingerprint density at radius 1 is 1.38 bits per heavy atom. The maximum atomic E-state index is 12.4. The molecule has 0 unspecified atom stereocenters. The van der Waals surface area contributed by atoms with E-state index in [-0.39, 0.29) is 23.7 Å². The number of halogens is 1. The number of aromatic nitrogens is 3. The van der Waals surface area contributed by atoms with E-state index in [1.165, 1.54) is 0 Å². The summed E-state index contributed by atoms with van der Waals surface area (Å²) in [6.07, 6.45) is 4.97. The zero-order valence-corrected chi connectivity index (χ0v) is 18.9. The quantitative estimate of drug-likeness (QED) is 0.731. The summed E-state index contributed by atoms with van der Waals surface area (Å²) < 4.78 is 14.1. The molecular weight excluding hydrogens is 438 g/mol. The van der Waals surface area contributed by atoms with Gasteiger partial charge in [0, 0.05) is 18.5 Å². The SMILES string of the molecule is C[C@@H]1OCC2(CCN(c3ncc(Br)n4nccc34)CC2)[C@@H]1NC(=O)OC(C)(C)C. The van der Waals surface area contributed by atoms with Crippen LogP contribution in [0.25, 0.3) is 5.52 Å². The van der Waals surface area contributed by atoms with Crippen molar-refractivity contribution in [1.82, 2.24) is 19.9 Å². The van der Waals surface area contributed by atoms with Crippen LogP contribution in [0.15, 0.2) is 23.1 Å². The van der Waals surface area contributed by atoms with Gasteiger partial charge in [-0.2, -0.15) is 5.10 Å². The lowest BCUT2D eigenvalue weighted by atomic mass is 9.73. The normalized spacial score (nSPS) is 24.2. The van der Waals surface area contributed by atoms with Gasteiger partial charge in [0.25, 0.3) is 0 Å². The van der Waals surface area contributed by atoms with Crippen LogP contribution in [-0.2, 0) is 9.47 Å². The number of alkyl carbamates (subject to hydrolysis) is 1. The van der Waals surface area contributed by atoms with Crippen molar-refractivity contribution in [3.63, 3.8) is 0 Å². The van der Waals surface area contributed by atoms with Crippen LogP contribution in [0.2, 0.25) is 0 Å². The molecule has 0 aromatic carbocycles. The monoisotopic (exact) mass is 465 g/mol. The Morgan fingerprint density at radius 2 is 2.10 bits per heavy atom. The molecule has 29 heavy (non-hydrogen) atoms. The van der Waals surface area contributed by atoms with Gasteiger partial charge in [-0.05, 0) is 62.5 Å². The number of fused-ring (bicyclic) bond motifs is 1. The highest BCUT2D eigenvalue weighted by Crippen LogP contribution is 2.43. The van der Waals surface area contributed by atoms with Crippen LogP contribution in [0.5, 0.6) is 0 Å². The molecule has 2 saturated heterocycles. The number of rotatable bonds is 2. The van der Waals surface area contributed by atoms with Gasteiger partial charge in [0.15, 0.2) is 5.82 Å². The first kappa shape index (κ1) is 20.4. The molecule has 1 N–H and O–H groups in total. The van der Waals surface area contributed by atoms with Gasteiger partial charge in [0.2, 0.25) is 0 Å². The van der Waals surface area contributed by atoms with Gasteiger partial charge in [0.05, 0.1) is 31.1 Å². The molecule has 1 amide bonds. The lowest BCUT2D eigenvalue weighted by Crippen LogP contribution is -2.55. The minimum Gasteiger partial charge on any atom is -0.444 e. The van der Waals surface area contributed by atoms with Gasteiger partial charge in [-0.15, -0.1) is 0 Å². The smallest absolute Gasteiger partial charge is 0.407 e. The predicted octanol–water partition coefficient (Wildman–Crippen LogP) is 3.39. The van der Waals surface area contributed by atoms with E-state index in [1.807, 2.05) is 38.3 Å². The van der Waals surface area contributed by atoms with Crippen molar-refractivity contribution >= 4 is 33.4 Å². The average Bonchev–Trinajstić information content (AvgIpc) is 3.24. The molecule has 8 nitrogen and oxygen atoms in total. The number of carbonyl (C=O) groups is 1. The number of nitrogens with one attached hydrogen (secondary N) is 1. The molecule has 4 rings (SSSR count). The number of amides is 1. The molecule has 2 aromatic heterocycles. The lowest BCUT2D eigenvalue weighted by Gasteiger charge is -2.43. The molecule has 1 spiro atoms. The van der Waals surface area contributed by atoms with Gasteiger partial charge in [-0.1, -0.05) is 0 Å². The minimum atomic E-state index is -0.521. The van der Waals surface area contributed by atoms with E-state index in [9.17, 15) is 4.79 Å². The van der Waals surface area contributed by atoms with E-state index >= 15 is 0 Å².